The summed E-state index contributed by atoms with van der Waals surface area (Å²) in [6.07, 6.45) is 2.39. The molecule has 5 heteroatoms. The van der Waals surface area contributed by atoms with E-state index < -0.39 is 0 Å². The van der Waals surface area contributed by atoms with E-state index >= 15 is 0 Å². The number of carbonyl (C=O) groups is 1. The van der Waals surface area contributed by atoms with Crippen LogP contribution in [-0.2, 0) is 0 Å². The van der Waals surface area contributed by atoms with Gasteiger partial charge in [-0.15, -0.1) is 0 Å². The fourth-order valence-electron chi connectivity index (χ4n) is 1.91. The molecule has 1 aliphatic rings. The van der Waals surface area contributed by atoms with Crippen LogP contribution in [0.3, 0.4) is 0 Å². The molecule has 0 aromatic rings. The molecule has 1 fully saturated rings. The van der Waals surface area contributed by atoms with E-state index in [-0.39, 0.29) is 12.6 Å². The number of amides is 2. The van der Waals surface area contributed by atoms with Crippen molar-refractivity contribution in [3.63, 3.8) is 0 Å². The van der Waals surface area contributed by atoms with E-state index in [2.05, 4.69) is 22.6 Å². The molecule has 1 saturated heterocycles. The van der Waals surface area contributed by atoms with Gasteiger partial charge >= 0.3 is 6.03 Å². The third-order valence-electron chi connectivity index (χ3n) is 2.67. The zero-order valence-electron chi connectivity index (χ0n) is 9.33. The predicted molar refractivity (Wildman–Crippen MR) is 58.7 cm³/mol. The molecule has 0 aromatic heterocycles. The molecule has 0 spiro atoms. The topological polar surface area (TPSA) is 64.6 Å². The van der Waals surface area contributed by atoms with Crippen molar-refractivity contribution in [2.24, 2.45) is 5.92 Å². The number of nitrogens with zero attached hydrogens (tertiary/aromatic N) is 1. The van der Waals surface area contributed by atoms with Crippen molar-refractivity contribution in [1.82, 2.24) is 15.5 Å². The van der Waals surface area contributed by atoms with Crippen LogP contribution in [0.25, 0.3) is 0 Å². The molecule has 1 heterocycles. The molecule has 0 aliphatic carbocycles. The molecule has 88 valence electrons. The van der Waals surface area contributed by atoms with E-state index in [4.69, 9.17) is 5.11 Å². The van der Waals surface area contributed by atoms with Gasteiger partial charge in [0.2, 0.25) is 0 Å². The van der Waals surface area contributed by atoms with Crippen molar-refractivity contribution in [2.75, 3.05) is 39.8 Å². The van der Waals surface area contributed by atoms with E-state index in [1.807, 2.05) is 0 Å². The smallest absolute Gasteiger partial charge is 0.314 e. The lowest BCUT2D eigenvalue weighted by Gasteiger charge is -2.29. The number of rotatable bonds is 4. The number of likely N-dealkylation sites (tertiary alicyclic amines) is 1. The molecule has 5 nitrogen and oxygen atoms in total. The first-order chi connectivity index (χ1) is 7.22. The van der Waals surface area contributed by atoms with Gasteiger partial charge in [0.25, 0.3) is 0 Å². The van der Waals surface area contributed by atoms with Crippen molar-refractivity contribution in [1.29, 1.82) is 0 Å². The van der Waals surface area contributed by atoms with Gasteiger partial charge in [-0.25, -0.2) is 4.79 Å². The highest BCUT2D eigenvalue weighted by Crippen LogP contribution is 2.13. The summed E-state index contributed by atoms with van der Waals surface area (Å²) in [4.78, 5) is 13.5. The van der Waals surface area contributed by atoms with Gasteiger partial charge in [0.1, 0.15) is 0 Å². The lowest BCUT2D eigenvalue weighted by atomic mass is 9.99. The quantitative estimate of drug-likeness (QED) is 0.599. The lowest BCUT2D eigenvalue weighted by Crippen LogP contribution is -2.43. The SMILES string of the molecule is CN1CCCC(CNC(=O)NCCO)C1. The molecular weight excluding hydrogens is 194 g/mol. The Bertz CT molecular complexity index is 199. The van der Waals surface area contributed by atoms with Gasteiger partial charge in [-0.1, -0.05) is 0 Å². The Morgan fingerprint density at radius 3 is 3.00 bits per heavy atom. The minimum atomic E-state index is -0.183. The number of hydrogen-bond acceptors (Lipinski definition) is 3. The maximum absolute atomic E-state index is 11.2. The predicted octanol–water partition coefficient (Wildman–Crippen LogP) is -0.380. The molecule has 1 atom stereocenters. The highest BCUT2D eigenvalue weighted by molar-refractivity contribution is 5.73. The summed E-state index contributed by atoms with van der Waals surface area (Å²) in [7, 11) is 2.11. The van der Waals surface area contributed by atoms with E-state index in [0.717, 1.165) is 19.6 Å². The standard InChI is InChI=1S/C10H21N3O2/c1-13-5-2-3-9(8-13)7-12-10(15)11-4-6-14/h9,14H,2-8H2,1H3,(H2,11,12,15). The molecular formula is C10H21N3O2. The van der Waals surface area contributed by atoms with Crippen LogP contribution < -0.4 is 10.6 Å². The van der Waals surface area contributed by atoms with Crippen LogP contribution in [-0.4, -0.2) is 55.9 Å². The highest BCUT2D eigenvalue weighted by atomic mass is 16.3. The average Bonchev–Trinajstić information content (AvgIpc) is 2.23. The van der Waals surface area contributed by atoms with Crippen molar-refractivity contribution in [2.45, 2.75) is 12.8 Å². The molecule has 1 unspecified atom stereocenters. The van der Waals surface area contributed by atoms with Crippen molar-refractivity contribution in [3.8, 4) is 0 Å². The summed E-state index contributed by atoms with van der Waals surface area (Å²) in [5, 5.41) is 13.9. The van der Waals surface area contributed by atoms with E-state index in [9.17, 15) is 4.79 Å². The van der Waals surface area contributed by atoms with E-state index in [1.54, 1.807) is 0 Å². The van der Waals surface area contributed by atoms with Gasteiger partial charge in [-0.2, -0.15) is 0 Å². The van der Waals surface area contributed by atoms with Gasteiger partial charge in [-0.3, -0.25) is 0 Å². The van der Waals surface area contributed by atoms with Crippen LogP contribution in [0.5, 0.6) is 0 Å². The number of aliphatic hydroxyl groups excluding tert-OH is 1. The minimum Gasteiger partial charge on any atom is -0.395 e. The second kappa shape index (κ2) is 6.63. The van der Waals surface area contributed by atoms with Gasteiger partial charge in [0.05, 0.1) is 6.61 Å². The Balaban J connectivity index is 2.10. The summed E-state index contributed by atoms with van der Waals surface area (Å²) in [6.45, 7) is 3.24. The van der Waals surface area contributed by atoms with Crippen LogP contribution >= 0.6 is 0 Å². The van der Waals surface area contributed by atoms with Gasteiger partial charge in [0, 0.05) is 19.6 Å². The van der Waals surface area contributed by atoms with Gasteiger partial charge in [-0.05, 0) is 32.4 Å². The second-order valence-corrected chi connectivity index (χ2v) is 4.13. The molecule has 1 aliphatic heterocycles. The first kappa shape index (κ1) is 12.3. The van der Waals surface area contributed by atoms with E-state index in [0.29, 0.717) is 12.5 Å². The average molecular weight is 215 g/mol. The fraction of sp³-hybridized carbons (Fsp3) is 0.900. The van der Waals surface area contributed by atoms with Crippen molar-refractivity contribution >= 4 is 6.03 Å². The summed E-state index contributed by atoms with van der Waals surface area (Å²) < 4.78 is 0. The van der Waals surface area contributed by atoms with Gasteiger partial charge in [0.15, 0.2) is 0 Å². The van der Waals surface area contributed by atoms with Crippen LogP contribution in [0.1, 0.15) is 12.8 Å². The van der Waals surface area contributed by atoms with E-state index in [1.165, 1.54) is 12.8 Å². The zero-order chi connectivity index (χ0) is 11.1. The van der Waals surface area contributed by atoms with Crippen molar-refractivity contribution < 1.29 is 9.90 Å². The minimum absolute atomic E-state index is 0.0143. The molecule has 0 saturated carbocycles. The highest BCUT2D eigenvalue weighted by Gasteiger charge is 2.17. The molecule has 1 rings (SSSR count). The Hall–Kier alpha value is -0.810. The Kier molecular flexibility index (Phi) is 5.42. The lowest BCUT2D eigenvalue weighted by molar-refractivity contribution is 0.201. The Morgan fingerprint density at radius 2 is 2.33 bits per heavy atom. The molecule has 0 aromatic carbocycles. The van der Waals surface area contributed by atoms with Crippen LogP contribution in [0.15, 0.2) is 0 Å². The molecule has 2 amide bonds. The molecule has 15 heavy (non-hydrogen) atoms. The van der Waals surface area contributed by atoms with Crippen LogP contribution in [0.2, 0.25) is 0 Å². The first-order valence-corrected chi connectivity index (χ1v) is 5.53. The number of piperidine rings is 1. The third kappa shape index (κ3) is 4.99. The number of aliphatic hydroxyl groups is 1. The molecule has 0 bridgehead atoms. The first-order valence-electron chi connectivity index (χ1n) is 5.53. The molecule has 0 radical (unpaired) electrons. The maximum atomic E-state index is 11.2. The number of nitrogens with one attached hydrogen (secondary N) is 2. The van der Waals surface area contributed by atoms with Crippen LogP contribution in [0, 0.1) is 5.92 Å². The normalized spacial score (nSPS) is 22.4. The zero-order valence-corrected chi connectivity index (χ0v) is 9.33. The fourth-order valence-corrected chi connectivity index (χ4v) is 1.91. The van der Waals surface area contributed by atoms with Gasteiger partial charge < -0.3 is 20.6 Å². The third-order valence-corrected chi connectivity index (χ3v) is 2.67. The number of carbonyl (C=O) groups excluding carboxylic acids is 1. The Morgan fingerprint density at radius 1 is 1.53 bits per heavy atom. The second-order valence-electron chi connectivity index (χ2n) is 4.13. The number of urea groups is 1. The van der Waals surface area contributed by atoms with Crippen molar-refractivity contribution in [3.05, 3.63) is 0 Å². The summed E-state index contributed by atoms with van der Waals surface area (Å²) in [6, 6.07) is -0.183. The summed E-state index contributed by atoms with van der Waals surface area (Å²) in [5.41, 5.74) is 0. The van der Waals surface area contributed by atoms with Crippen LogP contribution in [0.4, 0.5) is 4.79 Å². The monoisotopic (exact) mass is 215 g/mol. The largest absolute Gasteiger partial charge is 0.395 e. The maximum Gasteiger partial charge on any atom is 0.314 e. The summed E-state index contributed by atoms with van der Waals surface area (Å²) in [5.74, 6) is 0.559. The number of hydrogen-bond donors (Lipinski definition) is 3. The molecule has 3 N–H and O–H groups in total. The Labute approximate surface area is 90.8 Å². The summed E-state index contributed by atoms with van der Waals surface area (Å²) >= 11 is 0.